The zero-order chi connectivity index (χ0) is 20.9. The third-order valence-electron chi connectivity index (χ3n) is 4.53. The molecule has 0 saturated carbocycles. The summed E-state index contributed by atoms with van der Waals surface area (Å²) in [7, 11) is 1.58. The fraction of sp³-hybridized carbons (Fsp3) is 0.0833. The summed E-state index contributed by atoms with van der Waals surface area (Å²) in [5.74, 6) is 0.652. The minimum atomic E-state index is -0.492. The van der Waals surface area contributed by atoms with E-state index in [1.807, 2.05) is 72.8 Å². The van der Waals surface area contributed by atoms with Crippen molar-refractivity contribution in [3.63, 3.8) is 0 Å². The number of benzene rings is 3. The number of halogens is 1. The van der Waals surface area contributed by atoms with Crippen LogP contribution in [0.15, 0.2) is 88.0 Å². The summed E-state index contributed by atoms with van der Waals surface area (Å²) in [6, 6.07) is 23.0. The van der Waals surface area contributed by atoms with Gasteiger partial charge in [0, 0.05) is 5.56 Å². The number of hydrogen-bond donors (Lipinski definition) is 0. The SMILES string of the molecule is COc1cc(/C=C2\C(=O)ON=C2c2ccccc2)cc(Br)c1OCc1ccccc1. The van der Waals surface area contributed by atoms with Crippen LogP contribution in [0.4, 0.5) is 0 Å². The number of carbonyl (C=O) groups excluding carboxylic acids is 1. The molecule has 6 heteroatoms. The number of nitrogens with zero attached hydrogens (tertiary/aromatic N) is 1. The van der Waals surface area contributed by atoms with Crippen molar-refractivity contribution in [2.45, 2.75) is 6.61 Å². The lowest BCUT2D eigenvalue weighted by atomic mass is 10.0. The van der Waals surface area contributed by atoms with Gasteiger partial charge >= 0.3 is 5.97 Å². The summed E-state index contributed by atoms with van der Waals surface area (Å²) in [5.41, 5.74) is 3.50. The maximum absolute atomic E-state index is 12.3. The van der Waals surface area contributed by atoms with E-state index in [0.717, 1.165) is 16.7 Å². The lowest BCUT2D eigenvalue weighted by Crippen LogP contribution is -2.06. The molecule has 0 unspecified atom stereocenters. The number of rotatable bonds is 6. The number of carbonyl (C=O) groups is 1. The van der Waals surface area contributed by atoms with E-state index in [0.29, 0.717) is 33.9 Å². The van der Waals surface area contributed by atoms with E-state index >= 15 is 0 Å². The Labute approximate surface area is 182 Å². The largest absolute Gasteiger partial charge is 0.493 e. The maximum atomic E-state index is 12.3. The molecular formula is C24H18BrNO4. The Bertz CT molecular complexity index is 1120. The summed E-state index contributed by atoms with van der Waals surface area (Å²) in [6.07, 6.45) is 1.73. The highest BCUT2D eigenvalue weighted by Gasteiger charge is 2.27. The standard InChI is InChI=1S/C24H18BrNO4/c1-28-21-14-17(13-20(25)23(21)29-15-16-8-4-2-5-9-16)12-19-22(26-30-24(19)27)18-10-6-3-7-11-18/h2-14H,15H2,1H3/b19-12-. The van der Waals surface area contributed by atoms with E-state index in [2.05, 4.69) is 21.1 Å². The van der Waals surface area contributed by atoms with Crippen LogP contribution < -0.4 is 9.47 Å². The van der Waals surface area contributed by atoms with Gasteiger partial charge in [-0.2, -0.15) is 0 Å². The molecule has 0 aliphatic carbocycles. The molecule has 1 aliphatic heterocycles. The maximum Gasteiger partial charge on any atom is 0.368 e. The molecule has 0 atom stereocenters. The molecule has 4 rings (SSSR count). The molecule has 3 aromatic carbocycles. The average Bonchev–Trinajstić information content (AvgIpc) is 3.14. The Kier molecular flexibility index (Phi) is 5.95. The van der Waals surface area contributed by atoms with Crippen molar-refractivity contribution in [3.05, 3.63) is 99.5 Å². The summed E-state index contributed by atoms with van der Waals surface area (Å²) < 4.78 is 12.2. The van der Waals surface area contributed by atoms with E-state index in [1.54, 1.807) is 13.2 Å². The molecule has 0 bridgehead atoms. The molecule has 0 saturated heterocycles. The quantitative estimate of drug-likeness (QED) is 0.363. The first-order valence-corrected chi connectivity index (χ1v) is 10.1. The molecule has 0 spiro atoms. The van der Waals surface area contributed by atoms with Crippen molar-refractivity contribution in [2.24, 2.45) is 5.16 Å². The van der Waals surface area contributed by atoms with Gasteiger partial charge in [0.2, 0.25) is 0 Å². The van der Waals surface area contributed by atoms with Gasteiger partial charge in [-0.15, -0.1) is 0 Å². The molecule has 1 heterocycles. The van der Waals surface area contributed by atoms with Crippen molar-refractivity contribution >= 4 is 33.7 Å². The zero-order valence-electron chi connectivity index (χ0n) is 16.2. The van der Waals surface area contributed by atoms with Gasteiger partial charge in [0.25, 0.3) is 0 Å². The van der Waals surface area contributed by atoms with Crippen LogP contribution in [-0.4, -0.2) is 18.8 Å². The van der Waals surface area contributed by atoms with Gasteiger partial charge in [-0.25, -0.2) is 4.79 Å². The minimum absolute atomic E-state index is 0.383. The fourth-order valence-electron chi connectivity index (χ4n) is 3.07. The normalized spacial score (nSPS) is 14.4. The topological polar surface area (TPSA) is 57.1 Å². The van der Waals surface area contributed by atoms with Crippen LogP contribution in [0.2, 0.25) is 0 Å². The fourth-order valence-corrected chi connectivity index (χ4v) is 3.65. The second-order valence-corrected chi connectivity index (χ2v) is 7.41. The zero-order valence-corrected chi connectivity index (χ0v) is 17.8. The van der Waals surface area contributed by atoms with Gasteiger partial charge in [-0.05, 0) is 45.3 Å². The average molecular weight is 464 g/mol. The molecule has 5 nitrogen and oxygen atoms in total. The van der Waals surface area contributed by atoms with Gasteiger partial charge < -0.3 is 14.3 Å². The minimum Gasteiger partial charge on any atom is -0.493 e. The van der Waals surface area contributed by atoms with E-state index < -0.39 is 5.97 Å². The third-order valence-corrected chi connectivity index (χ3v) is 5.12. The highest BCUT2D eigenvalue weighted by atomic mass is 79.9. The molecule has 0 fully saturated rings. The Morgan fingerprint density at radius 1 is 1.03 bits per heavy atom. The van der Waals surface area contributed by atoms with Crippen LogP contribution in [0.25, 0.3) is 6.08 Å². The van der Waals surface area contributed by atoms with Crippen LogP contribution in [0, 0.1) is 0 Å². The second kappa shape index (κ2) is 8.97. The van der Waals surface area contributed by atoms with Crippen molar-refractivity contribution < 1.29 is 19.1 Å². The van der Waals surface area contributed by atoms with Gasteiger partial charge in [-0.3, -0.25) is 0 Å². The smallest absolute Gasteiger partial charge is 0.368 e. The molecule has 0 radical (unpaired) electrons. The van der Waals surface area contributed by atoms with Crippen LogP contribution in [0.1, 0.15) is 16.7 Å². The summed E-state index contributed by atoms with van der Waals surface area (Å²) >= 11 is 3.56. The molecule has 0 N–H and O–H groups in total. The number of oxime groups is 1. The Morgan fingerprint density at radius 2 is 1.73 bits per heavy atom. The molecule has 0 amide bonds. The van der Waals surface area contributed by atoms with Crippen LogP contribution in [0.3, 0.4) is 0 Å². The highest BCUT2D eigenvalue weighted by molar-refractivity contribution is 9.10. The Morgan fingerprint density at radius 3 is 2.43 bits per heavy atom. The van der Waals surface area contributed by atoms with Crippen LogP contribution in [0.5, 0.6) is 11.5 Å². The van der Waals surface area contributed by atoms with Gasteiger partial charge in [0.05, 0.1) is 17.2 Å². The molecular weight excluding hydrogens is 446 g/mol. The van der Waals surface area contributed by atoms with E-state index in [4.69, 9.17) is 14.3 Å². The predicted molar refractivity (Wildman–Crippen MR) is 119 cm³/mol. The predicted octanol–water partition coefficient (Wildman–Crippen LogP) is 5.38. The first kappa shape index (κ1) is 19.9. The van der Waals surface area contributed by atoms with Crippen molar-refractivity contribution in [1.29, 1.82) is 0 Å². The first-order valence-electron chi connectivity index (χ1n) is 9.27. The highest BCUT2D eigenvalue weighted by Crippen LogP contribution is 2.38. The van der Waals surface area contributed by atoms with Gasteiger partial charge in [-0.1, -0.05) is 65.8 Å². The van der Waals surface area contributed by atoms with E-state index in [9.17, 15) is 4.79 Å². The molecule has 30 heavy (non-hydrogen) atoms. The number of hydrogen-bond acceptors (Lipinski definition) is 5. The van der Waals surface area contributed by atoms with Crippen LogP contribution >= 0.6 is 15.9 Å². The molecule has 1 aliphatic rings. The van der Waals surface area contributed by atoms with Gasteiger partial charge in [0.15, 0.2) is 11.5 Å². The summed E-state index contributed by atoms with van der Waals surface area (Å²) in [6.45, 7) is 0.410. The van der Waals surface area contributed by atoms with Gasteiger partial charge in [0.1, 0.15) is 12.3 Å². The summed E-state index contributed by atoms with van der Waals surface area (Å²) in [5, 5.41) is 3.94. The van der Waals surface area contributed by atoms with Crippen molar-refractivity contribution in [1.82, 2.24) is 0 Å². The first-order chi connectivity index (χ1) is 14.7. The monoisotopic (exact) mass is 463 g/mol. The number of methoxy groups -OCH3 is 1. The third kappa shape index (κ3) is 4.28. The lowest BCUT2D eigenvalue weighted by Gasteiger charge is -2.14. The molecule has 0 aromatic heterocycles. The van der Waals surface area contributed by atoms with Crippen molar-refractivity contribution in [2.75, 3.05) is 7.11 Å². The van der Waals surface area contributed by atoms with E-state index in [1.165, 1.54) is 0 Å². The second-order valence-electron chi connectivity index (χ2n) is 6.55. The van der Waals surface area contributed by atoms with E-state index in [-0.39, 0.29) is 0 Å². The van der Waals surface area contributed by atoms with Crippen molar-refractivity contribution in [3.8, 4) is 11.5 Å². The Hall–Kier alpha value is -3.38. The van der Waals surface area contributed by atoms with Crippen LogP contribution in [-0.2, 0) is 16.2 Å². The molecule has 150 valence electrons. The molecule has 3 aromatic rings. The summed E-state index contributed by atoms with van der Waals surface area (Å²) in [4.78, 5) is 17.2. The number of ether oxygens (including phenoxy) is 2. The lowest BCUT2D eigenvalue weighted by molar-refractivity contribution is -0.136. The Balaban J connectivity index is 1.64.